The molecule has 9 heteroatoms. The molecule has 0 radical (unpaired) electrons. The second-order valence-electron chi connectivity index (χ2n) is 5.97. The number of rotatable bonds is 7. The Bertz CT molecular complexity index is 739. The average Bonchev–Trinajstić information content (AvgIpc) is 2.66. The van der Waals surface area contributed by atoms with Crippen LogP contribution in [0.4, 0.5) is 17.5 Å². The molecule has 26 heavy (non-hydrogen) atoms. The standard InChI is InChI=1S/C17H23ClN6O2/c1-12-9-14(15(25-2)10-13(12)18)21-17-22-16(11-20-23-17)19-3-4-24-5-7-26-8-6-24/h9-11H,3-8H2,1-2H3,(H2,19,21,22,23). The van der Waals surface area contributed by atoms with Crippen LogP contribution in [0.25, 0.3) is 0 Å². The van der Waals surface area contributed by atoms with Gasteiger partial charge in [0.25, 0.3) is 0 Å². The summed E-state index contributed by atoms with van der Waals surface area (Å²) < 4.78 is 10.7. The molecule has 2 aromatic rings. The fourth-order valence-corrected chi connectivity index (χ4v) is 2.81. The minimum absolute atomic E-state index is 0.390. The number of nitrogens with one attached hydrogen (secondary N) is 2. The van der Waals surface area contributed by atoms with Crippen molar-refractivity contribution in [2.45, 2.75) is 6.92 Å². The highest BCUT2D eigenvalue weighted by Crippen LogP contribution is 2.32. The van der Waals surface area contributed by atoms with Crippen LogP contribution in [0.2, 0.25) is 5.02 Å². The lowest BCUT2D eigenvalue weighted by molar-refractivity contribution is 0.0398. The van der Waals surface area contributed by atoms with Crippen molar-refractivity contribution in [3.05, 3.63) is 28.9 Å². The fraction of sp³-hybridized carbons (Fsp3) is 0.471. The lowest BCUT2D eigenvalue weighted by atomic mass is 10.2. The van der Waals surface area contributed by atoms with Gasteiger partial charge in [-0.25, -0.2) is 0 Å². The lowest BCUT2D eigenvalue weighted by Gasteiger charge is -2.26. The van der Waals surface area contributed by atoms with Crippen molar-refractivity contribution in [2.24, 2.45) is 0 Å². The van der Waals surface area contributed by atoms with E-state index in [1.54, 1.807) is 19.4 Å². The van der Waals surface area contributed by atoms with E-state index in [-0.39, 0.29) is 0 Å². The van der Waals surface area contributed by atoms with Crippen LogP contribution in [0, 0.1) is 6.92 Å². The van der Waals surface area contributed by atoms with E-state index in [1.807, 2.05) is 13.0 Å². The zero-order valence-electron chi connectivity index (χ0n) is 15.0. The first-order chi connectivity index (χ1) is 12.7. The quantitative estimate of drug-likeness (QED) is 0.759. The molecule has 3 rings (SSSR count). The van der Waals surface area contributed by atoms with Crippen LogP contribution >= 0.6 is 11.6 Å². The van der Waals surface area contributed by atoms with Crippen LogP contribution in [-0.2, 0) is 4.74 Å². The van der Waals surface area contributed by atoms with Crippen molar-refractivity contribution in [1.82, 2.24) is 20.1 Å². The van der Waals surface area contributed by atoms with E-state index in [1.165, 1.54) is 0 Å². The molecule has 1 fully saturated rings. The van der Waals surface area contributed by atoms with Gasteiger partial charge in [0.1, 0.15) is 5.75 Å². The first kappa shape index (κ1) is 18.6. The van der Waals surface area contributed by atoms with Crippen molar-refractivity contribution in [3.63, 3.8) is 0 Å². The van der Waals surface area contributed by atoms with Crippen molar-refractivity contribution < 1.29 is 9.47 Å². The van der Waals surface area contributed by atoms with E-state index in [0.717, 1.165) is 50.6 Å². The van der Waals surface area contributed by atoms with Crippen LogP contribution in [-0.4, -0.2) is 66.6 Å². The van der Waals surface area contributed by atoms with Gasteiger partial charge in [0.15, 0.2) is 5.82 Å². The Morgan fingerprint density at radius 3 is 2.88 bits per heavy atom. The van der Waals surface area contributed by atoms with E-state index < -0.39 is 0 Å². The smallest absolute Gasteiger partial charge is 0.249 e. The summed E-state index contributed by atoms with van der Waals surface area (Å²) >= 11 is 6.14. The molecule has 0 spiro atoms. The Hall–Kier alpha value is -2.16. The third-order valence-electron chi connectivity index (χ3n) is 4.12. The zero-order chi connectivity index (χ0) is 18.4. The molecular formula is C17H23ClN6O2. The van der Waals surface area contributed by atoms with E-state index in [9.17, 15) is 0 Å². The first-order valence-corrected chi connectivity index (χ1v) is 8.88. The van der Waals surface area contributed by atoms with E-state index in [2.05, 4.69) is 30.7 Å². The first-order valence-electron chi connectivity index (χ1n) is 8.50. The molecule has 0 saturated carbocycles. The van der Waals surface area contributed by atoms with Gasteiger partial charge in [-0.15, -0.1) is 5.10 Å². The highest BCUT2D eigenvalue weighted by atomic mass is 35.5. The predicted molar refractivity (Wildman–Crippen MR) is 102 cm³/mol. The number of aryl methyl sites for hydroxylation is 1. The molecule has 0 aliphatic carbocycles. The molecular weight excluding hydrogens is 356 g/mol. The van der Waals surface area contributed by atoms with Gasteiger partial charge in [0.05, 0.1) is 32.2 Å². The molecule has 0 bridgehead atoms. The number of nitrogens with zero attached hydrogens (tertiary/aromatic N) is 4. The van der Waals surface area contributed by atoms with Crippen LogP contribution in [0.1, 0.15) is 5.56 Å². The van der Waals surface area contributed by atoms with Crippen molar-refractivity contribution in [2.75, 3.05) is 57.1 Å². The summed E-state index contributed by atoms with van der Waals surface area (Å²) in [4.78, 5) is 6.80. The number of hydrogen-bond donors (Lipinski definition) is 2. The Kier molecular flexibility index (Phi) is 6.43. The van der Waals surface area contributed by atoms with Crippen molar-refractivity contribution >= 4 is 29.1 Å². The Morgan fingerprint density at radius 1 is 1.31 bits per heavy atom. The Balaban J connectivity index is 1.61. The van der Waals surface area contributed by atoms with E-state index in [0.29, 0.717) is 22.5 Å². The number of morpholine rings is 1. The summed E-state index contributed by atoms with van der Waals surface area (Å²) in [6, 6.07) is 3.65. The molecule has 8 nitrogen and oxygen atoms in total. The summed E-state index contributed by atoms with van der Waals surface area (Å²) in [5, 5.41) is 15.1. The topological polar surface area (TPSA) is 84.4 Å². The summed E-state index contributed by atoms with van der Waals surface area (Å²) in [5.74, 6) is 1.68. The maximum Gasteiger partial charge on any atom is 0.249 e. The second-order valence-corrected chi connectivity index (χ2v) is 6.38. The minimum atomic E-state index is 0.390. The molecule has 0 atom stereocenters. The van der Waals surface area contributed by atoms with Crippen molar-refractivity contribution in [3.8, 4) is 5.75 Å². The van der Waals surface area contributed by atoms with Gasteiger partial charge in [0.2, 0.25) is 5.95 Å². The highest BCUT2D eigenvalue weighted by molar-refractivity contribution is 6.31. The third-order valence-corrected chi connectivity index (χ3v) is 4.53. The van der Waals surface area contributed by atoms with Gasteiger partial charge < -0.3 is 20.1 Å². The van der Waals surface area contributed by atoms with Gasteiger partial charge in [-0.05, 0) is 18.6 Å². The minimum Gasteiger partial charge on any atom is -0.495 e. The monoisotopic (exact) mass is 378 g/mol. The normalized spacial score (nSPS) is 14.9. The molecule has 0 unspecified atom stereocenters. The number of aromatic nitrogens is 3. The maximum absolute atomic E-state index is 6.14. The molecule has 2 heterocycles. The van der Waals surface area contributed by atoms with E-state index in [4.69, 9.17) is 21.1 Å². The molecule has 1 aromatic heterocycles. The van der Waals surface area contributed by atoms with Crippen LogP contribution < -0.4 is 15.4 Å². The van der Waals surface area contributed by atoms with Gasteiger partial charge in [-0.3, -0.25) is 4.90 Å². The lowest BCUT2D eigenvalue weighted by Crippen LogP contribution is -2.39. The molecule has 1 aliphatic heterocycles. The van der Waals surface area contributed by atoms with Crippen LogP contribution in [0.5, 0.6) is 5.75 Å². The zero-order valence-corrected chi connectivity index (χ0v) is 15.7. The van der Waals surface area contributed by atoms with Crippen LogP contribution in [0.15, 0.2) is 18.3 Å². The number of ether oxygens (including phenoxy) is 2. The van der Waals surface area contributed by atoms with Gasteiger partial charge >= 0.3 is 0 Å². The Morgan fingerprint density at radius 2 is 2.12 bits per heavy atom. The van der Waals surface area contributed by atoms with E-state index >= 15 is 0 Å². The summed E-state index contributed by atoms with van der Waals surface area (Å²) in [6.45, 7) is 7.16. The van der Waals surface area contributed by atoms with Gasteiger partial charge in [-0.1, -0.05) is 11.6 Å². The predicted octanol–water partition coefficient (Wildman–Crippen LogP) is 2.33. The molecule has 1 aliphatic rings. The molecule has 140 valence electrons. The van der Waals surface area contributed by atoms with Gasteiger partial charge in [0, 0.05) is 37.3 Å². The third kappa shape index (κ3) is 4.94. The average molecular weight is 379 g/mol. The number of benzene rings is 1. The van der Waals surface area contributed by atoms with Crippen molar-refractivity contribution in [1.29, 1.82) is 0 Å². The molecule has 1 saturated heterocycles. The summed E-state index contributed by atoms with van der Waals surface area (Å²) in [5.41, 5.74) is 1.67. The van der Waals surface area contributed by atoms with Crippen LogP contribution in [0.3, 0.4) is 0 Å². The highest BCUT2D eigenvalue weighted by Gasteiger charge is 2.11. The number of halogens is 1. The summed E-state index contributed by atoms with van der Waals surface area (Å²) in [7, 11) is 1.59. The second kappa shape index (κ2) is 8.98. The number of methoxy groups -OCH3 is 1. The fourth-order valence-electron chi connectivity index (χ4n) is 2.66. The maximum atomic E-state index is 6.14. The SMILES string of the molecule is COc1cc(Cl)c(C)cc1Nc1nncc(NCCN2CCOCC2)n1. The molecule has 0 amide bonds. The summed E-state index contributed by atoms with van der Waals surface area (Å²) in [6.07, 6.45) is 1.61. The van der Waals surface area contributed by atoms with Gasteiger partial charge in [-0.2, -0.15) is 10.1 Å². The Labute approximate surface area is 157 Å². The number of anilines is 3. The molecule has 2 N–H and O–H groups in total. The molecule has 1 aromatic carbocycles. The largest absolute Gasteiger partial charge is 0.495 e. The number of hydrogen-bond acceptors (Lipinski definition) is 8.